The Morgan fingerprint density at radius 2 is 1.53 bits per heavy atom. The molecule has 0 aliphatic carbocycles. The van der Waals surface area contributed by atoms with Gasteiger partial charge in [-0.25, -0.2) is 4.98 Å². The third-order valence-corrected chi connectivity index (χ3v) is 6.99. The predicted octanol–water partition coefficient (Wildman–Crippen LogP) is 6.39. The van der Waals surface area contributed by atoms with Gasteiger partial charge in [0.25, 0.3) is 0 Å². The number of methoxy groups -OCH3 is 3. The molecule has 7 heteroatoms. The number of anilines is 1. The molecule has 38 heavy (non-hydrogen) atoms. The zero-order valence-electron chi connectivity index (χ0n) is 22.1. The van der Waals surface area contributed by atoms with E-state index in [1.165, 1.54) is 52.7 Å². The summed E-state index contributed by atoms with van der Waals surface area (Å²) in [5, 5.41) is 0. The normalized spacial score (nSPS) is 14.3. The van der Waals surface area contributed by atoms with Gasteiger partial charge in [0.1, 0.15) is 5.82 Å². The number of ether oxygens (including phenoxy) is 3. The van der Waals surface area contributed by atoms with Crippen LogP contribution in [0.1, 0.15) is 47.4 Å². The van der Waals surface area contributed by atoms with Crippen molar-refractivity contribution < 1.29 is 19.0 Å². The fourth-order valence-corrected chi connectivity index (χ4v) is 4.97. The van der Waals surface area contributed by atoms with Crippen molar-refractivity contribution in [2.45, 2.75) is 25.7 Å². The number of imidazole rings is 1. The van der Waals surface area contributed by atoms with E-state index in [0.29, 0.717) is 34.2 Å². The van der Waals surface area contributed by atoms with Crippen LogP contribution in [0.25, 0.3) is 22.7 Å². The zero-order valence-corrected chi connectivity index (χ0v) is 22.1. The minimum atomic E-state index is -0.208. The third kappa shape index (κ3) is 5.23. The van der Waals surface area contributed by atoms with Gasteiger partial charge >= 0.3 is 0 Å². The molecular weight excluding hydrogens is 478 g/mol. The number of fused-ring (bicyclic) bond motifs is 1. The number of carbonyl (C=O) groups is 1. The lowest BCUT2D eigenvalue weighted by Gasteiger charge is -2.22. The van der Waals surface area contributed by atoms with Gasteiger partial charge in [-0.3, -0.25) is 4.79 Å². The molecule has 0 atom stereocenters. The molecule has 3 aromatic carbocycles. The standard InChI is InChI=1S/C31H33N3O4/c1-36-27-19-22(20-28(37-2)30(27)38-3)29(35)24(31-32-25-10-6-7-11-26(25)33-31)18-21-12-14-23(15-13-21)34-16-8-4-5-9-17-34/h6-7,10-15,18-20H,4-5,8-9,16-17H2,1-3H3,(H,32,33)/b24-18-. The summed E-state index contributed by atoms with van der Waals surface area (Å²) in [6.07, 6.45) is 6.92. The highest BCUT2D eigenvalue weighted by atomic mass is 16.5. The van der Waals surface area contributed by atoms with Gasteiger partial charge in [0.2, 0.25) is 5.75 Å². The van der Waals surface area contributed by atoms with Crippen molar-refractivity contribution >= 4 is 34.2 Å². The minimum absolute atomic E-state index is 0.208. The van der Waals surface area contributed by atoms with Crippen LogP contribution in [-0.4, -0.2) is 50.2 Å². The Bertz CT molecular complexity index is 1390. The fraction of sp³-hybridized carbons (Fsp3) is 0.290. The quantitative estimate of drug-likeness (QED) is 0.218. The first-order valence-corrected chi connectivity index (χ1v) is 13.0. The Morgan fingerprint density at radius 1 is 0.868 bits per heavy atom. The predicted molar refractivity (Wildman–Crippen MR) is 152 cm³/mol. The number of hydrogen-bond acceptors (Lipinski definition) is 6. The highest BCUT2D eigenvalue weighted by molar-refractivity contribution is 6.32. The minimum Gasteiger partial charge on any atom is -0.493 e. The third-order valence-electron chi connectivity index (χ3n) is 6.99. The smallest absolute Gasteiger partial charge is 0.203 e. The van der Waals surface area contributed by atoms with Crippen LogP contribution in [0.15, 0.2) is 60.7 Å². The summed E-state index contributed by atoms with van der Waals surface area (Å²) in [6.45, 7) is 2.16. The largest absolute Gasteiger partial charge is 0.493 e. The Labute approximate surface area is 223 Å². The molecule has 0 amide bonds. The number of benzene rings is 3. The van der Waals surface area contributed by atoms with Crippen LogP contribution in [0.3, 0.4) is 0 Å². The van der Waals surface area contributed by atoms with Gasteiger partial charge in [-0.1, -0.05) is 37.1 Å². The SMILES string of the molecule is COc1cc(C(=O)/C(=C/c2ccc(N3CCCCCC3)cc2)c2nc3ccccc3[nH]2)cc(OC)c1OC. The average molecular weight is 512 g/mol. The Balaban J connectivity index is 1.56. The topological polar surface area (TPSA) is 76.7 Å². The van der Waals surface area contributed by atoms with Gasteiger partial charge < -0.3 is 24.1 Å². The molecule has 5 rings (SSSR count). The summed E-state index contributed by atoms with van der Waals surface area (Å²) in [5.74, 6) is 1.56. The molecule has 1 aliphatic heterocycles. The molecule has 0 radical (unpaired) electrons. The van der Waals surface area contributed by atoms with Crippen molar-refractivity contribution in [3.05, 3.63) is 77.6 Å². The van der Waals surface area contributed by atoms with Crippen molar-refractivity contribution in [2.24, 2.45) is 0 Å². The Morgan fingerprint density at radius 3 is 2.13 bits per heavy atom. The van der Waals surface area contributed by atoms with E-state index >= 15 is 0 Å². The summed E-state index contributed by atoms with van der Waals surface area (Å²) in [7, 11) is 4.61. The van der Waals surface area contributed by atoms with Crippen molar-refractivity contribution in [2.75, 3.05) is 39.3 Å². The molecule has 1 aliphatic rings. The molecule has 0 saturated carbocycles. The lowest BCUT2D eigenvalue weighted by Crippen LogP contribution is -2.23. The molecule has 0 unspecified atom stereocenters. The van der Waals surface area contributed by atoms with Crippen molar-refractivity contribution in [1.82, 2.24) is 9.97 Å². The first-order valence-electron chi connectivity index (χ1n) is 13.0. The lowest BCUT2D eigenvalue weighted by atomic mass is 9.99. The fourth-order valence-electron chi connectivity index (χ4n) is 4.97. The monoisotopic (exact) mass is 511 g/mol. The maximum atomic E-state index is 14.0. The second-order valence-electron chi connectivity index (χ2n) is 9.40. The van der Waals surface area contributed by atoms with E-state index in [1.807, 2.05) is 30.3 Å². The van der Waals surface area contributed by atoms with Gasteiger partial charge in [-0.05, 0) is 60.9 Å². The number of nitrogens with one attached hydrogen (secondary N) is 1. The van der Waals surface area contributed by atoms with Crippen LogP contribution < -0.4 is 19.1 Å². The first-order chi connectivity index (χ1) is 18.6. The molecule has 1 N–H and O–H groups in total. The van der Waals surface area contributed by atoms with E-state index < -0.39 is 0 Å². The van der Waals surface area contributed by atoms with Crippen LogP contribution in [0, 0.1) is 0 Å². The number of rotatable bonds is 8. The second kappa shape index (κ2) is 11.4. The van der Waals surface area contributed by atoms with Crippen molar-refractivity contribution in [3.63, 3.8) is 0 Å². The average Bonchev–Trinajstić information content (AvgIpc) is 3.20. The molecule has 196 valence electrons. The molecule has 7 nitrogen and oxygen atoms in total. The number of carbonyl (C=O) groups excluding carboxylic acids is 1. The van der Waals surface area contributed by atoms with Gasteiger partial charge in [0.15, 0.2) is 17.3 Å². The number of hydrogen-bond donors (Lipinski definition) is 1. The Hall–Kier alpha value is -4.26. The number of ketones is 1. The molecule has 0 spiro atoms. The summed E-state index contributed by atoms with van der Waals surface area (Å²) in [6, 6.07) is 19.5. The molecule has 1 aromatic heterocycles. The second-order valence-corrected chi connectivity index (χ2v) is 9.40. The number of aromatic amines is 1. The lowest BCUT2D eigenvalue weighted by molar-refractivity contribution is 0.105. The number of allylic oxidation sites excluding steroid dienone is 1. The van der Waals surface area contributed by atoms with Crippen LogP contribution >= 0.6 is 0 Å². The Kier molecular flexibility index (Phi) is 7.63. The number of para-hydroxylation sites is 2. The van der Waals surface area contributed by atoms with Crippen molar-refractivity contribution in [3.8, 4) is 17.2 Å². The van der Waals surface area contributed by atoms with Crippen LogP contribution in [0.5, 0.6) is 17.2 Å². The molecule has 4 aromatic rings. The van der Waals surface area contributed by atoms with Crippen LogP contribution in [0.2, 0.25) is 0 Å². The van der Waals surface area contributed by atoms with E-state index in [0.717, 1.165) is 29.7 Å². The summed E-state index contributed by atoms with van der Waals surface area (Å²) >= 11 is 0. The maximum Gasteiger partial charge on any atom is 0.203 e. The number of nitrogens with zero attached hydrogens (tertiary/aromatic N) is 2. The highest BCUT2D eigenvalue weighted by Crippen LogP contribution is 2.39. The molecule has 1 fully saturated rings. The zero-order chi connectivity index (χ0) is 26.5. The van der Waals surface area contributed by atoms with Crippen LogP contribution in [-0.2, 0) is 0 Å². The number of Topliss-reactive ketones (excluding diaryl/α,β-unsaturated/α-hetero) is 1. The number of H-pyrrole nitrogens is 1. The molecular formula is C31H33N3O4. The number of aromatic nitrogens is 2. The van der Waals surface area contributed by atoms with E-state index in [-0.39, 0.29) is 5.78 Å². The van der Waals surface area contributed by atoms with E-state index in [1.54, 1.807) is 12.1 Å². The van der Waals surface area contributed by atoms with Gasteiger partial charge in [0.05, 0.1) is 37.9 Å². The van der Waals surface area contributed by atoms with Gasteiger partial charge in [-0.2, -0.15) is 0 Å². The molecule has 0 bridgehead atoms. The van der Waals surface area contributed by atoms with Gasteiger partial charge in [-0.15, -0.1) is 0 Å². The summed E-state index contributed by atoms with van der Waals surface area (Å²) < 4.78 is 16.4. The van der Waals surface area contributed by atoms with Gasteiger partial charge in [0, 0.05) is 24.3 Å². The first kappa shape index (κ1) is 25.4. The van der Waals surface area contributed by atoms with E-state index in [9.17, 15) is 4.79 Å². The van der Waals surface area contributed by atoms with E-state index in [2.05, 4.69) is 34.1 Å². The van der Waals surface area contributed by atoms with E-state index in [4.69, 9.17) is 19.2 Å². The summed E-state index contributed by atoms with van der Waals surface area (Å²) in [5.41, 5.74) is 4.64. The van der Waals surface area contributed by atoms with Crippen molar-refractivity contribution in [1.29, 1.82) is 0 Å². The molecule has 2 heterocycles. The maximum absolute atomic E-state index is 14.0. The summed E-state index contributed by atoms with van der Waals surface area (Å²) in [4.78, 5) is 24.5. The van der Waals surface area contributed by atoms with Crippen LogP contribution in [0.4, 0.5) is 5.69 Å². The molecule has 1 saturated heterocycles. The highest BCUT2D eigenvalue weighted by Gasteiger charge is 2.23.